The van der Waals surface area contributed by atoms with Gasteiger partial charge >= 0.3 is 0 Å². The van der Waals surface area contributed by atoms with Crippen molar-refractivity contribution < 1.29 is 86.0 Å². The standard InChI is InChI=1S/C70H134N14O16.C12H20N4O2/c1-8-10-12-14-16-18-20-22-24-34-59(86)77-39-42-95-45-48-98-53-62(89)76-37-29-27-32-56(82-63(90)54-100-50-47-96-43-40-78-60(87)35-25-23-21-19-17-15-13-11-9-2)65(92)79-41-44-97-46-49-99-52-61(88)75-36-28-26-31-55(64(71)91)83-66(93)57(33-30-38-80-68(72)73)84-67(94)70(5,6)81-51-58(85)69(3,4)74-7;1-4-10(17)12(2,3)16-11(18)9(13)5-8-6-14-7-15-8/h55-57,74,81H,8-54H2,1-7H3,(H2,71,91)(H,75,88)(H,76,89)(H,77,86)(H,78,87)(H,79,92)(H,82,90)(H,83,93)(H,84,94)(H4,72,73,80);6-7,9H,4-5,13H2,1-3H3,(H,14,15)(H,16,18)/t55-,56-,57-;9-/m00/s1. The summed E-state index contributed by atoms with van der Waals surface area (Å²) in [5.74, 6) is -4.35. The molecule has 0 aromatic carbocycles. The van der Waals surface area contributed by atoms with E-state index in [-0.39, 0.29) is 153 Å². The Hall–Kier alpha value is -7.84. The number of H-pyrrole nitrogens is 1. The number of imidazole rings is 1. The van der Waals surface area contributed by atoms with E-state index in [9.17, 15) is 57.5 Å². The van der Waals surface area contributed by atoms with Gasteiger partial charge in [0.05, 0.1) is 95.0 Å². The minimum atomic E-state index is -1.27. The molecule has 0 radical (unpaired) electrons. The van der Waals surface area contributed by atoms with Crippen molar-refractivity contribution in [2.45, 2.75) is 296 Å². The first-order valence-corrected chi connectivity index (χ1v) is 43.0. The van der Waals surface area contributed by atoms with Crippen LogP contribution in [0, 0.1) is 0 Å². The van der Waals surface area contributed by atoms with E-state index in [1.807, 2.05) is 0 Å². The molecule has 36 nitrogen and oxygen atoms in total. The number of aromatic nitrogens is 2. The molecule has 10 amide bonds. The lowest BCUT2D eigenvalue weighted by atomic mass is 9.96. The van der Waals surface area contributed by atoms with E-state index in [1.54, 1.807) is 61.7 Å². The van der Waals surface area contributed by atoms with Crippen molar-refractivity contribution in [1.29, 1.82) is 0 Å². The van der Waals surface area contributed by atoms with Crippen LogP contribution in [0.2, 0.25) is 0 Å². The Bertz CT molecular complexity index is 2960. The molecule has 0 spiro atoms. The number of aliphatic imine (C=N–C) groups is 1. The molecule has 0 aliphatic rings. The molecule has 0 bridgehead atoms. The number of nitrogens with one attached hydrogen (secondary N) is 12. The summed E-state index contributed by atoms with van der Waals surface area (Å²) >= 11 is 0. The summed E-state index contributed by atoms with van der Waals surface area (Å²) < 4.78 is 33.1. The average molecular weight is 1680 g/mol. The van der Waals surface area contributed by atoms with Crippen LogP contribution in [0.15, 0.2) is 17.5 Å². The number of aromatic amines is 1. The molecule has 0 aliphatic heterocycles. The fourth-order valence-electron chi connectivity index (χ4n) is 11.5. The summed E-state index contributed by atoms with van der Waals surface area (Å²) in [4.78, 5) is 162. The van der Waals surface area contributed by atoms with Crippen LogP contribution in [0.1, 0.15) is 254 Å². The lowest BCUT2D eigenvalue weighted by Crippen LogP contribution is -2.60. The van der Waals surface area contributed by atoms with Crippen molar-refractivity contribution in [3.63, 3.8) is 0 Å². The van der Waals surface area contributed by atoms with Gasteiger partial charge in [-0.05, 0) is 113 Å². The van der Waals surface area contributed by atoms with Crippen molar-refractivity contribution in [2.75, 3.05) is 132 Å². The first-order chi connectivity index (χ1) is 56.3. The zero-order valence-electron chi connectivity index (χ0n) is 73.2. The molecule has 1 rings (SSSR count). The van der Waals surface area contributed by atoms with Gasteiger partial charge in [0.2, 0.25) is 59.1 Å². The van der Waals surface area contributed by atoms with Crippen LogP contribution < -0.4 is 81.4 Å². The fraction of sp³-hybridized carbons (Fsp3) is 0.805. The number of carbonyl (C=O) groups excluding carboxylic acids is 12. The second-order valence-electron chi connectivity index (χ2n) is 30.9. The molecule has 0 saturated carbocycles. The number of hydrogen-bond acceptors (Lipinski definition) is 23. The molecule has 1 aromatic rings. The molecule has 680 valence electrons. The average Bonchev–Trinajstić information content (AvgIpc) is 0.948. The summed E-state index contributed by atoms with van der Waals surface area (Å²) in [5, 5.41) is 30.7. The minimum Gasteiger partial charge on any atom is -0.377 e. The van der Waals surface area contributed by atoms with Crippen molar-refractivity contribution >= 4 is 76.6 Å². The van der Waals surface area contributed by atoms with Crippen LogP contribution in [0.25, 0.3) is 0 Å². The Morgan fingerprint density at radius 2 is 0.873 bits per heavy atom. The third kappa shape index (κ3) is 60.6. The number of likely N-dealkylation sites (N-methyl/N-ethyl adjacent to an activating group) is 1. The van der Waals surface area contributed by atoms with Crippen molar-refractivity contribution in [3.8, 4) is 0 Å². The van der Waals surface area contributed by atoms with Gasteiger partial charge in [0.1, 0.15) is 37.9 Å². The van der Waals surface area contributed by atoms with Gasteiger partial charge in [0, 0.05) is 76.8 Å². The van der Waals surface area contributed by atoms with Gasteiger partial charge in [-0.15, -0.1) is 0 Å². The van der Waals surface area contributed by atoms with Crippen molar-refractivity contribution in [1.82, 2.24) is 68.5 Å². The number of ether oxygens (including phenoxy) is 6. The normalized spacial score (nSPS) is 12.5. The van der Waals surface area contributed by atoms with E-state index in [0.29, 0.717) is 90.6 Å². The van der Waals surface area contributed by atoms with Crippen LogP contribution in [0.4, 0.5) is 0 Å². The molecule has 0 unspecified atom stereocenters. The van der Waals surface area contributed by atoms with Crippen LogP contribution >= 0.6 is 0 Å². The van der Waals surface area contributed by atoms with Crippen LogP contribution in [-0.2, 0) is 92.4 Å². The Morgan fingerprint density at radius 3 is 1.32 bits per heavy atom. The van der Waals surface area contributed by atoms with Crippen molar-refractivity contribution in [2.24, 2.45) is 27.9 Å². The molecule has 1 heterocycles. The SMILES string of the molecule is CCC(=O)C(C)(C)NC(=O)[C@@H](N)Cc1cnc[nH]1.CCCCCCCCCCCC(=O)NCCOCCOCC(=O)NCCCC[C@H](NC(=O)COCCOCCNC(=O)CCCCCCCCCCC)C(=O)NCCOCCOCC(=O)NCCCC[C@H](NC(=O)[C@H](CCCN=C(N)N)NC(=O)C(C)(C)NCC(=O)C(C)(C)NC)C(N)=O. The number of primary amides is 1. The number of ketones is 2. The summed E-state index contributed by atoms with van der Waals surface area (Å²) in [6.07, 6.45) is 28.9. The fourth-order valence-corrected chi connectivity index (χ4v) is 11.5. The smallest absolute Gasteiger partial charge is 0.246 e. The number of unbranched alkanes of at least 4 members (excludes halogenated alkanes) is 18. The first-order valence-electron chi connectivity index (χ1n) is 43.0. The molecule has 36 heteroatoms. The van der Waals surface area contributed by atoms with Gasteiger partial charge in [0.25, 0.3) is 0 Å². The monoisotopic (exact) mass is 1680 g/mol. The number of amides is 10. The maximum absolute atomic E-state index is 13.6. The highest BCUT2D eigenvalue weighted by Gasteiger charge is 2.35. The van der Waals surface area contributed by atoms with Crippen LogP contribution in [0.3, 0.4) is 0 Å². The lowest BCUT2D eigenvalue weighted by molar-refractivity contribution is -0.134. The van der Waals surface area contributed by atoms with E-state index in [2.05, 4.69) is 87.3 Å². The number of nitrogens with two attached hydrogens (primary N) is 4. The zero-order chi connectivity index (χ0) is 88.1. The summed E-state index contributed by atoms with van der Waals surface area (Å²) in [6.45, 7) is 18.5. The molecular formula is C82H154N18O18. The molecule has 0 fully saturated rings. The predicted octanol–water partition coefficient (Wildman–Crippen LogP) is 2.93. The highest BCUT2D eigenvalue weighted by Crippen LogP contribution is 2.15. The van der Waals surface area contributed by atoms with E-state index >= 15 is 0 Å². The minimum absolute atomic E-state index is 0.00266. The topological polar surface area (TPSA) is 538 Å². The first kappa shape index (κ1) is 110. The largest absolute Gasteiger partial charge is 0.377 e. The Kier molecular flexibility index (Phi) is 65.3. The summed E-state index contributed by atoms with van der Waals surface area (Å²) in [7, 11) is 1.65. The van der Waals surface area contributed by atoms with E-state index < -0.39 is 76.2 Å². The maximum Gasteiger partial charge on any atom is 0.246 e. The van der Waals surface area contributed by atoms with Crippen molar-refractivity contribution in [3.05, 3.63) is 18.2 Å². The van der Waals surface area contributed by atoms with Crippen LogP contribution in [-0.4, -0.2) is 259 Å². The van der Waals surface area contributed by atoms with Gasteiger partial charge in [0.15, 0.2) is 17.5 Å². The van der Waals surface area contributed by atoms with Gasteiger partial charge in [-0.2, -0.15) is 0 Å². The predicted molar refractivity (Wildman–Crippen MR) is 454 cm³/mol. The molecular weight excluding hydrogens is 1530 g/mol. The number of hydrogen-bond donors (Lipinski definition) is 16. The number of guanidine groups is 1. The van der Waals surface area contributed by atoms with Gasteiger partial charge in [-0.1, -0.05) is 124 Å². The third-order valence-electron chi connectivity index (χ3n) is 19.2. The lowest BCUT2D eigenvalue weighted by Gasteiger charge is -2.30. The number of carbonyl (C=O) groups is 12. The summed E-state index contributed by atoms with van der Waals surface area (Å²) in [5.41, 5.74) is 20.2. The molecule has 20 N–H and O–H groups in total. The quantitative estimate of drug-likeness (QED) is 0.0253. The zero-order valence-corrected chi connectivity index (χ0v) is 73.2. The third-order valence-corrected chi connectivity index (χ3v) is 19.2. The molecule has 4 atom stereocenters. The summed E-state index contributed by atoms with van der Waals surface area (Å²) in [6, 6.07) is -3.82. The van der Waals surface area contributed by atoms with Crippen LogP contribution in [0.5, 0.6) is 0 Å². The second kappa shape index (κ2) is 69.9. The maximum atomic E-state index is 13.6. The van der Waals surface area contributed by atoms with E-state index in [1.165, 1.54) is 83.4 Å². The number of rotatable bonds is 76. The molecule has 0 aliphatic carbocycles. The molecule has 1 aromatic heterocycles. The number of nitrogens with zero attached hydrogens (tertiary/aromatic N) is 2. The number of Topliss-reactive ketones (excluding diaryl/α,β-unsaturated/α-hetero) is 2. The Labute approximate surface area is 702 Å². The Balaban J connectivity index is 0.00000665. The Morgan fingerprint density at radius 1 is 0.441 bits per heavy atom. The van der Waals surface area contributed by atoms with Gasteiger partial charge in [-0.3, -0.25) is 67.8 Å². The molecule has 0 saturated heterocycles. The second-order valence-corrected chi connectivity index (χ2v) is 30.9. The van der Waals surface area contributed by atoms with E-state index in [0.717, 1.165) is 44.2 Å². The highest BCUT2D eigenvalue weighted by molar-refractivity contribution is 5.95. The highest BCUT2D eigenvalue weighted by atomic mass is 16.5. The van der Waals surface area contributed by atoms with E-state index in [4.69, 9.17) is 51.4 Å². The van der Waals surface area contributed by atoms with Gasteiger partial charge < -0.3 is 110 Å². The molecule has 118 heavy (non-hydrogen) atoms. The van der Waals surface area contributed by atoms with Gasteiger partial charge in [-0.25, -0.2) is 4.98 Å².